The van der Waals surface area contributed by atoms with E-state index in [1.54, 1.807) is 38.1 Å². The Labute approximate surface area is 243 Å². The molecule has 3 N–H and O–H groups in total. The molecule has 0 aliphatic carbocycles. The molecule has 2 aliphatic heterocycles. The number of aromatic amines is 1. The Kier molecular flexibility index (Phi) is 7.16. The normalized spacial score (nSPS) is 20.5. The maximum atomic E-state index is 13.1. The smallest absolute Gasteiger partial charge is 0.428 e. The zero-order valence-electron chi connectivity index (χ0n) is 23.8. The summed E-state index contributed by atoms with van der Waals surface area (Å²) < 4.78 is 10.3. The molecule has 2 fully saturated rings. The predicted octanol–water partition coefficient (Wildman–Crippen LogP) is 5.19. The van der Waals surface area contributed by atoms with Crippen molar-refractivity contribution in [2.75, 3.05) is 25.0 Å². The quantitative estimate of drug-likeness (QED) is 0.224. The van der Waals surface area contributed by atoms with Gasteiger partial charge in [-0.3, -0.25) is 4.98 Å². The van der Waals surface area contributed by atoms with Crippen molar-refractivity contribution in [3.63, 3.8) is 0 Å². The number of fused-ring (bicyclic) bond motifs is 2. The largest absolute Gasteiger partial charge is 0.517 e. The number of anilines is 1. The van der Waals surface area contributed by atoms with Crippen LogP contribution < -0.4 is 10.6 Å². The molecule has 5 heterocycles. The van der Waals surface area contributed by atoms with Crippen LogP contribution in [0.2, 0.25) is 0 Å². The van der Waals surface area contributed by atoms with Gasteiger partial charge in [-0.1, -0.05) is 18.2 Å². The molecule has 11 nitrogen and oxygen atoms in total. The van der Waals surface area contributed by atoms with Crippen LogP contribution in [0.3, 0.4) is 0 Å². The van der Waals surface area contributed by atoms with Crippen LogP contribution in [0.25, 0.3) is 32.9 Å². The fraction of sp³-hybridized carbons (Fsp3) is 0.387. The molecular formula is C31H33N7O4. The first-order chi connectivity index (χ1) is 20.2. The standard InChI is InChI=1S/C31H33N7O4/c1-31(2,3)42-30(40)41-29(39)38-11-9-24(28(38)18-8-10-33-14-18)37-26-12-21-25(17-36-26)34-15-19(13-32)27(21)22-16-35-23-7-5-4-6-20(22)23/h4-7,12,15-18,24,28,33,35H,8-11,14H2,1-3H3,(H,36,37)/t18?,24-,28?/m1/s1. The number of nitrogens with one attached hydrogen (secondary N) is 3. The lowest BCUT2D eigenvalue weighted by atomic mass is 9.93. The van der Waals surface area contributed by atoms with Crippen molar-refractivity contribution in [1.82, 2.24) is 25.2 Å². The van der Waals surface area contributed by atoms with E-state index >= 15 is 0 Å². The Morgan fingerprint density at radius 1 is 1.14 bits per heavy atom. The summed E-state index contributed by atoms with van der Waals surface area (Å²) in [5.74, 6) is 0.786. The van der Waals surface area contributed by atoms with Gasteiger partial charge in [0, 0.05) is 52.9 Å². The molecule has 0 bridgehead atoms. The van der Waals surface area contributed by atoms with Gasteiger partial charge >= 0.3 is 12.2 Å². The van der Waals surface area contributed by atoms with E-state index < -0.39 is 17.8 Å². The van der Waals surface area contributed by atoms with E-state index in [4.69, 9.17) is 9.47 Å². The second-order valence-corrected chi connectivity index (χ2v) is 11.8. The molecule has 1 aromatic carbocycles. The van der Waals surface area contributed by atoms with Crippen LogP contribution in [0.4, 0.5) is 15.4 Å². The highest BCUT2D eigenvalue weighted by Crippen LogP contribution is 2.37. The summed E-state index contributed by atoms with van der Waals surface area (Å²) in [6.45, 7) is 7.19. The molecule has 4 aromatic rings. The highest BCUT2D eigenvalue weighted by atomic mass is 16.8. The van der Waals surface area contributed by atoms with Gasteiger partial charge in [-0.25, -0.2) is 14.6 Å². The third kappa shape index (κ3) is 5.33. The number of pyridine rings is 2. The third-order valence-electron chi connectivity index (χ3n) is 7.90. The first-order valence-electron chi connectivity index (χ1n) is 14.2. The van der Waals surface area contributed by atoms with Gasteiger partial charge < -0.3 is 30.0 Å². The molecule has 11 heteroatoms. The number of carbonyl (C=O) groups is 2. The predicted molar refractivity (Wildman–Crippen MR) is 158 cm³/mol. The van der Waals surface area contributed by atoms with E-state index in [9.17, 15) is 14.9 Å². The van der Waals surface area contributed by atoms with Crippen molar-refractivity contribution in [2.24, 2.45) is 5.92 Å². The van der Waals surface area contributed by atoms with Crippen LogP contribution in [0, 0.1) is 17.2 Å². The average molecular weight is 568 g/mol. The fourth-order valence-electron chi connectivity index (χ4n) is 6.16. The molecule has 6 rings (SSSR count). The van der Waals surface area contributed by atoms with E-state index in [1.807, 2.05) is 36.5 Å². The van der Waals surface area contributed by atoms with Crippen LogP contribution in [0.1, 0.15) is 39.2 Å². The highest BCUT2D eigenvalue weighted by molar-refractivity contribution is 6.06. The van der Waals surface area contributed by atoms with Crippen LogP contribution in [-0.4, -0.2) is 69.4 Å². The zero-order chi connectivity index (χ0) is 29.4. The number of carbonyl (C=O) groups excluding carboxylic acids is 2. The topological polar surface area (TPSA) is 145 Å². The van der Waals surface area contributed by atoms with Gasteiger partial charge in [0.15, 0.2) is 0 Å². The average Bonchev–Trinajstić information content (AvgIpc) is 3.71. The SMILES string of the molecule is CC(C)(C)OC(=O)OC(=O)N1CC[C@@H](Nc2cc3c(-c4c[nH]c5ccccc45)c(C#N)cnc3cn2)C1C1CCNC1. The van der Waals surface area contributed by atoms with E-state index in [0.717, 1.165) is 46.9 Å². The summed E-state index contributed by atoms with van der Waals surface area (Å²) in [4.78, 5) is 39.5. The summed E-state index contributed by atoms with van der Waals surface area (Å²) in [5, 5.41) is 18.7. The van der Waals surface area contributed by atoms with Crippen molar-refractivity contribution >= 4 is 39.9 Å². The second kappa shape index (κ2) is 10.9. The maximum Gasteiger partial charge on any atom is 0.517 e. The number of ether oxygens (including phenoxy) is 2. The molecule has 0 spiro atoms. The fourth-order valence-corrected chi connectivity index (χ4v) is 6.16. The molecule has 0 saturated carbocycles. The number of nitrogens with zero attached hydrogens (tertiary/aromatic N) is 4. The number of hydrogen-bond donors (Lipinski definition) is 3. The highest BCUT2D eigenvalue weighted by Gasteiger charge is 2.44. The third-order valence-corrected chi connectivity index (χ3v) is 7.90. The molecule has 0 radical (unpaired) electrons. The number of likely N-dealkylation sites (tertiary alicyclic amines) is 1. The van der Waals surface area contributed by atoms with Gasteiger partial charge in [0.2, 0.25) is 0 Å². The monoisotopic (exact) mass is 567 g/mol. The molecule has 3 atom stereocenters. The molecule has 3 aromatic heterocycles. The number of amides is 1. The van der Waals surface area contributed by atoms with E-state index in [0.29, 0.717) is 29.9 Å². The Bertz CT molecular complexity index is 1700. The Morgan fingerprint density at radius 3 is 2.74 bits per heavy atom. The van der Waals surface area contributed by atoms with Crippen molar-refractivity contribution in [3.8, 4) is 17.2 Å². The van der Waals surface area contributed by atoms with E-state index in [2.05, 4.69) is 31.7 Å². The van der Waals surface area contributed by atoms with Crippen molar-refractivity contribution in [2.45, 2.75) is 51.3 Å². The van der Waals surface area contributed by atoms with Crippen LogP contribution >= 0.6 is 0 Å². The van der Waals surface area contributed by atoms with Crippen LogP contribution in [0.5, 0.6) is 0 Å². The molecule has 42 heavy (non-hydrogen) atoms. The minimum atomic E-state index is -1.01. The molecule has 2 unspecified atom stereocenters. The second-order valence-electron chi connectivity index (χ2n) is 11.8. The minimum Gasteiger partial charge on any atom is -0.428 e. The van der Waals surface area contributed by atoms with E-state index in [1.165, 1.54) is 0 Å². The summed E-state index contributed by atoms with van der Waals surface area (Å²) in [6, 6.07) is 11.8. The zero-order valence-corrected chi connectivity index (χ0v) is 23.8. The number of hydrogen-bond acceptors (Lipinski definition) is 9. The van der Waals surface area contributed by atoms with Gasteiger partial charge in [0.05, 0.1) is 29.4 Å². The van der Waals surface area contributed by atoms with Gasteiger partial charge in [-0.05, 0) is 58.2 Å². The first kappa shape index (κ1) is 27.5. The number of benzene rings is 1. The Hall–Kier alpha value is -4.69. The number of rotatable bonds is 4. The number of para-hydroxylation sites is 1. The number of nitriles is 1. The van der Waals surface area contributed by atoms with E-state index in [-0.39, 0.29) is 18.0 Å². The number of aromatic nitrogens is 3. The summed E-state index contributed by atoms with van der Waals surface area (Å²) in [6.07, 6.45) is 5.04. The van der Waals surface area contributed by atoms with Gasteiger partial charge in [-0.15, -0.1) is 0 Å². The minimum absolute atomic E-state index is 0.130. The molecular weight excluding hydrogens is 534 g/mol. The lowest BCUT2D eigenvalue weighted by Gasteiger charge is -2.32. The molecule has 2 saturated heterocycles. The molecule has 216 valence electrons. The molecule has 2 aliphatic rings. The maximum absolute atomic E-state index is 13.1. The van der Waals surface area contributed by atoms with Gasteiger partial charge in [-0.2, -0.15) is 5.26 Å². The van der Waals surface area contributed by atoms with Crippen molar-refractivity contribution in [3.05, 3.63) is 54.5 Å². The summed E-state index contributed by atoms with van der Waals surface area (Å²) in [7, 11) is 0. The lowest BCUT2D eigenvalue weighted by Crippen LogP contribution is -2.48. The Morgan fingerprint density at radius 2 is 1.98 bits per heavy atom. The van der Waals surface area contributed by atoms with Crippen LogP contribution in [-0.2, 0) is 9.47 Å². The lowest BCUT2D eigenvalue weighted by molar-refractivity contribution is 0.000863. The summed E-state index contributed by atoms with van der Waals surface area (Å²) >= 11 is 0. The Balaban J connectivity index is 1.32. The number of H-pyrrole nitrogens is 1. The summed E-state index contributed by atoms with van der Waals surface area (Å²) in [5.41, 5.74) is 3.05. The van der Waals surface area contributed by atoms with Crippen LogP contribution in [0.15, 0.2) is 48.9 Å². The first-order valence-corrected chi connectivity index (χ1v) is 14.2. The molecule has 1 amide bonds. The van der Waals surface area contributed by atoms with Crippen molar-refractivity contribution in [1.29, 1.82) is 5.26 Å². The van der Waals surface area contributed by atoms with Gasteiger partial charge in [0.25, 0.3) is 0 Å². The van der Waals surface area contributed by atoms with Gasteiger partial charge in [0.1, 0.15) is 17.5 Å². The van der Waals surface area contributed by atoms with Crippen molar-refractivity contribution < 1.29 is 19.1 Å².